The van der Waals surface area contributed by atoms with Gasteiger partial charge in [0.05, 0.1) is 44.5 Å². The number of rotatable bonds is 17. The van der Waals surface area contributed by atoms with Crippen LogP contribution in [-0.2, 0) is 40.4 Å². The van der Waals surface area contributed by atoms with Crippen molar-refractivity contribution in [2.45, 2.75) is 96.0 Å². The molecule has 0 amide bonds. The normalized spacial score (nSPS) is 20.7. The van der Waals surface area contributed by atoms with Crippen LogP contribution in [-0.4, -0.2) is 90.3 Å². The standard InChI is InChI=1S/C35H43Cl2N5O8/c1-21-24(35(47)50-34-28(48-2)16-22(19-44)31(45)32(34)46)17-25(36)33(30(21)37)49-20-29-38-26-11-5-6-12-27(26)42(29)14-7-3-4-10-23-18-41(40-39-23)13-8-9-15-43/h5-6,11-12,15,17-18,22,28,31-32,34,44-46H,3-4,7-10,13-14,16,19-20H2,1-2H3/t22-,28+,31-,32+,34+/m1/s1. The van der Waals surface area contributed by atoms with Crippen LogP contribution < -0.4 is 4.74 Å². The highest BCUT2D eigenvalue weighted by Crippen LogP contribution is 2.39. The summed E-state index contributed by atoms with van der Waals surface area (Å²) in [5.41, 5.74) is 3.17. The molecule has 13 nitrogen and oxygen atoms in total. The summed E-state index contributed by atoms with van der Waals surface area (Å²) in [6.07, 6.45) is 3.25. The molecule has 5 atom stereocenters. The quantitative estimate of drug-likeness (QED) is 0.0794. The summed E-state index contributed by atoms with van der Waals surface area (Å²) in [7, 11) is 1.40. The molecule has 15 heteroatoms. The first-order valence-electron chi connectivity index (χ1n) is 16.8. The highest BCUT2D eigenvalue weighted by molar-refractivity contribution is 6.38. The van der Waals surface area contributed by atoms with Gasteiger partial charge < -0.3 is 38.9 Å². The Balaban J connectivity index is 1.22. The Kier molecular flexibility index (Phi) is 13.2. The number of benzene rings is 2. The van der Waals surface area contributed by atoms with Gasteiger partial charge in [0.2, 0.25) is 0 Å². The van der Waals surface area contributed by atoms with Gasteiger partial charge in [0.15, 0.2) is 11.9 Å². The second-order valence-electron chi connectivity index (χ2n) is 12.5. The van der Waals surface area contributed by atoms with Crippen molar-refractivity contribution in [3.05, 3.63) is 69.2 Å². The number of hydrogen-bond acceptors (Lipinski definition) is 11. The maximum atomic E-state index is 13.3. The summed E-state index contributed by atoms with van der Waals surface area (Å²) >= 11 is 13.3. The summed E-state index contributed by atoms with van der Waals surface area (Å²) in [6, 6.07) is 9.25. The van der Waals surface area contributed by atoms with Crippen LogP contribution in [0.5, 0.6) is 5.75 Å². The Hall–Kier alpha value is -3.59. The van der Waals surface area contributed by atoms with E-state index in [0.717, 1.165) is 55.1 Å². The first kappa shape index (κ1) is 37.7. The lowest BCUT2D eigenvalue weighted by Gasteiger charge is -2.40. The zero-order chi connectivity index (χ0) is 35.8. The number of aromatic nitrogens is 5. The fraction of sp³-hybridized carbons (Fsp3) is 0.514. The second-order valence-corrected chi connectivity index (χ2v) is 13.3. The molecule has 1 fully saturated rings. The molecule has 4 aromatic rings. The number of aryl methyl sites for hydroxylation is 3. The number of ether oxygens (including phenoxy) is 3. The molecule has 0 spiro atoms. The number of aliphatic hydroxyl groups excluding tert-OH is 3. The van der Waals surface area contributed by atoms with Gasteiger partial charge in [-0.15, -0.1) is 5.10 Å². The van der Waals surface area contributed by atoms with Crippen LogP contribution in [0.1, 0.15) is 66.0 Å². The number of halogens is 2. The fourth-order valence-corrected chi connectivity index (χ4v) is 6.89. The summed E-state index contributed by atoms with van der Waals surface area (Å²) in [6.45, 7) is 2.74. The summed E-state index contributed by atoms with van der Waals surface area (Å²) in [5.74, 6) is -0.547. The predicted octanol–water partition coefficient (Wildman–Crippen LogP) is 4.49. The molecular formula is C35H43Cl2N5O8. The molecular weight excluding hydrogens is 689 g/mol. The number of hydrogen-bond donors (Lipinski definition) is 3. The molecule has 2 aromatic carbocycles. The number of aldehydes is 1. The number of carbonyl (C=O) groups excluding carboxylic acids is 2. The van der Waals surface area contributed by atoms with Gasteiger partial charge in [-0.1, -0.05) is 47.0 Å². The summed E-state index contributed by atoms with van der Waals surface area (Å²) in [4.78, 5) is 28.7. The molecule has 0 radical (unpaired) electrons. The number of unbranched alkanes of at least 4 members (excludes halogenated alkanes) is 3. The first-order valence-corrected chi connectivity index (χ1v) is 17.5. The van der Waals surface area contributed by atoms with Crippen molar-refractivity contribution in [2.24, 2.45) is 5.92 Å². The molecule has 1 aliphatic rings. The van der Waals surface area contributed by atoms with Crippen LogP contribution in [0.4, 0.5) is 0 Å². The van der Waals surface area contributed by atoms with Crippen LogP contribution in [0.2, 0.25) is 10.0 Å². The molecule has 1 aliphatic carbocycles. The molecule has 0 bridgehead atoms. The number of aliphatic hydroxyl groups is 3. The number of esters is 1. The third kappa shape index (κ3) is 8.64. The van der Waals surface area contributed by atoms with Gasteiger partial charge in [-0.25, -0.2) is 9.78 Å². The second kappa shape index (κ2) is 17.6. The van der Waals surface area contributed by atoms with E-state index in [0.29, 0.717) is 30.9 Å². The lowest BCUT2D eigenvalue weighted by Crippen LogP contribution is -2.56. The highest BCUT2D eigenvalue weighted by atomic mass is 35.5. The van der Waals surface area contributed by atoms with Crippen molar-refractivity contribution < 1.29 is 39.1 Å². The van der Waals surface area contributed by atoms with Crippen molar-refractivity contribution >= 4 is 46.5 Å². The molecule has 5 rings (SSSR count). The van der Waals surface area contributed by atoms with Gasteiger partial charge in [0.1, 0.15) is 24.8 Å². The minimum atomic E-state index is -1.46. The first-order chi connectivity index (χ1) is 24.2. The van der Waals surface area contributed by atoms with E-state index >= 15 is 0 Å². The van der Waals surface area contributed by atoms with E-state index < -0.39 is 36.3 Å². The van der Waals surface area contributed by atoms with E-state index in [1.165, 1.54) is 13.2 Å². The smallest absolute Gasteiger partial charge is 0.338 e. The Bertz CT molecular complexity index is 1760. The Morgan fingerprint density at radius 1 is 1.10 bits per heavy atom. The SMILES string of the molecule is CO[C@H]1C[C@H](CO)[C@@H](O)[C@H](O)[C@H]1OC(=O)c1cc(Cl)c(OCc2nc3ccccc3n2CCCCCc2cn(CCCC=O)nn2)c(Cl)c1C. The largest absolute Gasteiger partial charge is 0.483 e. The number of imidazole rings is 1. The van der Waals surface area contributed by atoms with E-state index in [1.54, 1.807) is 11.6 Å². The maximum Gasteiger partial charge on any atom is 0.338 e. The lowest BCUT2D eigenvalue weighted by atomic mass is 9.81. The molecule has 50 heavy (non-hydrogen) atoms. The Labute approximate surface area is 300 Å². The molecule has 0 unspecified atom stereocenters. The van der Waals surface area contributed by atoms with Crippen LogP contribution in [0, 0.1) is 12.8 Å². The van der Waals surface area contributed by atoms with Gasteiger partial charge in [-0.3, -0.25) is 4.68 Å². The van der Waals surface area contributed by atoms with Crippen molar-refractivity contribution in [3.8, 4) is 5.75 Å². The molecule has 3 N–H and O–H groups in total. The summed E-state index contributed by atoms with van der Waals surface area (Å²) in [5, 5.41) is 39.2. The minimum Gasteiger partial charge on any atom is -0.483 e. The van der Waals surface area contributed by atoms with E-state index in [4.69, 9.17) is 42.4 Å². The third-order valence-corrected chi connectivity index (χ3v) is 9.92. The van der Waals surface area contributed by atoms with Gasteiger partial charge in [-0.2, -0.15) is 0 Å². The topological polar surface area (TPSA) is 171 Å². The van der Waals surface area contributed by atoms with Crippen LogP contribution in [0.3, 0.4) is 0 Å². The average molecular weight is 733 g/mol. The van der Waals surface area contributed by atoms with E-state index in [1.807, 2.05) is 30.5 Å². The van der Waals surface area contributed by atoms with Crippen molar-refractivity contribution in [1.82, 2.24) is 24.5 Å². The Morgan fingerprint density at radius 3 is 2.66 bits per heavy atom. The molecule has 2 heterocycles. The van der Waals surface area contributed by atoms with E-state index in [2.05, 4.69) is 14.9 Å². The zero-order valence-corrected chi connectivity index (χ0v) is 29.6. The van der Waals surface area contributed by atoms with Crippen molar-refractivity contribution in [2.75, 3.05) is 13.7 Å². The zero-order valence-electron chi connectivity index (χ0n) is 28.1. The van der Waals surface area contributed by atoms with E-state index in [-0.39, 0.29) is 41.0 Å². The van der Waals surface area contributed by atoms with Gasteiger partial charge in [-0.05, 0) is 62.8 Å². The number of fused-ring (bicyclic) bond motifs is 1. The van der Waals surface area contributed by atoms with Crippen LogP contribution in [0.25, 0.3) is 11.0 Å². The Morgan fingerprint density at radius 2 is 1.90 bits per heavy atom. The monoisotopic (exact) mass is 731 g/mol. The molecule has 1 saturated carbocycles. The van der Waals surface area contributed by atoms with Crippen molar-refractivity contribution in [3.63, 3.8) is 0 Å². The predicted molar refractivity (Wildman–Crippen MR) is 185 cm³/mol. The number of nitrogens with zero attached hydrogens (tertiary/aromatic N) is 5. The minimum absolute atomic E-state index is 0.0677. The van der Waals surface area contributed by atoms with Gasteiger partial charge in [0, 0.05) is 45.3 Å². The van der Waals surface area contributed by atoms with E-state index in [9.17, 15) is 24.9 Å². The molecule has 0 aliphatic heterocycles. The van der Waals surface area contributed by atoms with Gasteiger partial charge in [0.25, 0.3) is 0 Å². The molecule has 270 valence electrons. The highest BCUT2D eigenvalue weighted by Gasteiger charge is 2.46. The number of para-hydroxylation sites is 2. The number of carbonyl (C=O) groups is 2. The lowest BCUT2D eigenvalue weighted by molar-refractivity contribution is -0.172. The average Bonchev–Trinajstić information content (AvgIpc) is 3.72. The number of methoxy groups -OCH3 is 1. The maximum absolute atomic E-state index is 13.3. The van der Waals surface area contributed by atoms with Crippen LogP contribution >= 0.6 is 23.2 Å². The third-order valence-electron chi connectivity index (χ3n) is 9.18. The molecule has 2 aromatic heterocycles. The van der Waals surface area contributed by atoms with Crippen molar-refractivity contribution in [1.29, 1.82) is 0 Å². The van der Waals surface area contributed by atoms with Crippen LogP contribution in [0.15, 0.2) is 36.5 Å². The summed E-state index contributed by atoms with van der Waals surface area (Å²) < 4.78 is 21.1. The molecule has 0 saturated heterocycles. The van der Waals surface area contributed by atoms with Gasteiger partial charge >= 0.3 is 5.97 Å². The fourth-order valence-electron chi connectivity index (χ4n) is 6.32.